The van der Waals surface area contributed by atoms with Crippen LogP contribution in [0.25, 0.3) is 0 Å². The van der Waals surface area contributed by atoms with E-state index in [-0.39, 0.29) is 25.2 Å². The number of esters is 1. The minimum atomic E-state index is -3.12. The van der Waals surface area contributed by atoms with Gasteiger partial charge in [-0.2, -0.15) is 8.78 Å². The summed E-state index contributed by atoms with van der Waals surface area (Å²) in [7, 11) is 1.18. The van der Waals surface area contributed by atoms with Crippen molar-refractivity contribution in [2.24, 2.45) is 0 Å². The second-order valence-corrected chi connectivity index (χ2v) is 2.08. The van der Waals surface area contributed by atoms with Gasteiger partial charge in [-0.15, -0.1) is 16.9 Å². The number of rotatable bonds is 5. The van der Waals surface area contributed by atoms with Crippen molar-refractivity contribution in [1.29, 1.82) is 0 Å². The fourth-order valence-electron chi connectivity index (χ4n) is 0.574. The summed E-state index contributed by atoms with van der Waals surface area (Å²) in [4.78, 5) is 10.4. The lowest BCUT2D eigenvalue weighted by Gasteiger charge is -2.08. The zero-order chi connectivity index (χ0) is 9.56. The number of methoxy groups -OCH3 is 1. The Kier molecular flexibility index (Phi) is 9.38. The molecule has 0 aromatic heterocycles. The Morgan fingerprint density at radius 1 is 1.54 bits per heavy atom. The number of carbonyl (C=O) groups is 1. The predicted molar refractivity (Wildman–Crippen MR) is 42.3 cm³/mol. The van der Waals surface area contributed by atoms with E-state index in [0.29, 0.717) is 0 Å². The van der Waals surface area contributed by atoms with Crippen LogP contribution in [-0.4, -0.2) is 31.3 Å². The van der Waals surface area contributed by atoms with Gasteiger partial charge in [-0.1, -0.05) is 5.12 Å². The van der Waals surface area contributed by atoms with Gasteiger partial charge in [0.15, 0.2) is 0 Å². The summed E-state index contributed by atoms with van der Waals surface area (Å²) in [6, 6.07) is 0. The Morgan fingerprint density at radius 2 is 2.08 bits per heavy atom. The van der Waals surface area contributed by atoms with Crippen molar-refractivity contribution in [3.63, 3.8) is 0 Å². The van der Waals surface area contributed by atoms with Crippen molar-refractivity contribution in [3.05, 3.63) is 0 Å². The van der Waals surface area contributed by atoms with E-state index in [1.807, 2.05) is 0 Å². The molecule has 0 unspecified atom stereocenters. The molecule has 13 heavy (non-hydrogen) atoms. The number of carbonyl (C=O) groups excluding carboxylic acids is 1. The maximum atomic E-state index is 12.0. The molecule has 0 fully saturated rings. The average Bonchev–Trinajstić information content (AvgIpc) is 2.03. The Morgan fingerprint density at radius 3 is 2.46 bits per heavy atom. The molecular formula is C6H11ClF3NO2. The van der Waals surface area contributed by atoms with Crippen LogP contribution in [0.1, 0.15) is 12.8 Å². The molecule has 0 saturated carbocycles. The maximum Gasteiger partial charge on any atom is 0.319 e. The molecule has 0 aliphatic heterocycles. The van der Waals surface area contributed by atoms with E-state index in [2.05, 4.69) is 4.74 Å². The fraction of sp³-hybridized carbons (Fsp3) is 0.833. The maximum absolute atomic E-state index is 12.0. The van der Waals surface area contributed by atoms with E-state index in [1.54, 1.807) is 0 Å². The summed E-state index contributed by atoms with van der Waals surface area (Å²) in [5.74, 6) is -0.530. The third-order valence-electron chi connectivity index (χ3n) is 1.19. The zero-order valence-electron chi connectivity index (χ0n) is 7.00. The van der Waals surface area contributed by atoms with E-state index in [4.69, 9.17) is 0 Å². The molecule has 0 radical (unpaired) electrons. The molecule has 0 aliphatic carbocycles. The summed E-state index contributed by atoms with van der Waals surface area (Å²) in [5.41, 5.74) is 0. The largest absolute Gasteiger partial charge is 0.469 e. The number of hydrogen-bond acceptors (Lipinski definition) is 3. The molecule has 0 aromatic rings. The van der Waals surface area contributed by atoms with Crippen LogP contribution in [0, 0.1) is 0 Å². The molecule has 0 spiro atoms. The smallest absolute Gasteiger partial charge is 0.319 e. The van der Waals surface area contributed by atoms with Gasteiger partial charge in [0.2, 0.25) is 0 Å². The van der Waals surface area contributed by atoms with E-state index < -0.39 is 24.2 Å². The molecule has 0 amide bonds. The first-order chi connectivity index (χ1) is 5.57. The Bertz CT molecular complexity index is 148. The first-order valence-electron chi connectivity index (χ1n) is 3.35. The molecule has 0 rings (SSSR count). The first-order valence-corrected chi connectivity index (χ1v) is 3.35. The van der Waals surface area contributed by atoms with E-state index in [0.717, 1.165) is 0 Å². The second-order valence-electron chi connectivity index (χ2n) is 2.08. The van der Waals surface area contributed by atoms with Gasteiger partial charge in [-0.25, -0.2) is 0 Å². The lowest BCUT2D eigenvalue weighted by Crippen LogP contribution is -2.21. The van der Waals surface area contributed by atoms with Crippen molar-refractivity contribution in [3.8, 4) is 0 Å². The van der Waals surface area contributed by atoms with Crippen LogP contribution in [0.5, 0.6) is 0 Å². The topological polar surface area (TPSA) is 29.5 Å². The minimum Gasteiger partial charge on any atom is -0.469 e. The van der Waals surface area contributed by atoms with Crippen LogP contribution < -0.4 is 0 Å². The quantitative estimate of drug-likeness (QED) is 0.403. The highest BCUT2D eigenvalue weighted by atomic mass is 35.5. The van der Waals surface area contributed by atoms with Gasteiger partial charge in [-0.05, 0) is 6.42 Å². The minimum absolute atomic E-state index is 0. The number of ether oxygens (including phenoxy) is 1. The van der Waals surface area contributed by atoms with Crippen molar-refractivity contribution in [2.45, 2.75) is 19.4 Å². The third kappa shape index (κ3) is 7.86. The molecule has 0 aromatic carbocycles. The van der Waals surface area contributed by atoms with Gasteiger partial charge in [0, 0.05) is 13.0 Å². The second kappa shape index (κ2) is 8.12. The molecule has 0 bridgehead atoms. The number of alkyl halides is 2. The number of halogens is 4. The van der Waals surface area contributed by atoms with E-state index >= 15 is 0 Å². The van der Waals surface area contributed by atoms with Crippen molar-refractivity contribution < 1.29 is 22.8 Å². The Hall–Kier alpha value is -0.490. The van der Waals surface area contributed by atoms with E-state index in [1.165, 1.54) is 7.11 Å². The van der Waals surface area contributed by atoms with Crippen molar-refractivity contribution in [1.82, 2.24) is 5.12 Å². The van der Waals surface area contributed by atoms with Crippen molar-refractivity contribution in [2.75, 3.05) is 13.7 Å². The fourth-order valence-corrected chi connectivity index (χ4v) is 0.574. The molecular weight excluding hydrogens is 211 g/mol. The normalized spacial score (nSPS) is 10.0. The first kappa shape index (κ1) is 15.0. The van der Waals surface area contributed by atoms with Gasteiger partial charge in [0.05, 0.1) is 7.11 Å². The number of nitrogens with zero attached hydrogens (tertiary/aromatic N) is 1. The highest BCUT2D eigenvalue weighted by Crippen LogP contribution is 2.05. The van der Waals surface area contributed by atoms with Crippen LogP contribution in [0.15, 0.2) is 0 Å². The third-order valence-corrected chi connectivity index (χ3v) is 1.19. The van der Waals surface area contributed by atoms with Gasteiger partial charge in [-0.3, -0.25) is 4.79 Å². The van der Waals surface area contributed by atoms with Gasteiger partial charge in [0.25, 0.3) is 0 Å². The molecule has 80 valence electrons. The highest BCUT2D eigenvalue weighted by Gasteiger charge is 2.14. The van der Waals surface area contributed by atoms with Crippen LogP contribution in [-0.2, 0) is 9.53 Å². The molecule has 0 N–H and O–H groups in total. The standard InChI is InChI=1S/C6H10F3NO2.ClH/c1-12-5(11)3-2-4-10(9)6(7)8;/h6H,2-4H2,1H3;1H. The van der Waals surface area contributed by atoms with Crippen LogP contribution in [0.3, 0.4) is 0 Å². The summed E-state index contributed by atoms with van der Waals surface area (Å²) in [5, 5.41) is -0.622. The summed E-state index contributed by atoms with van der Waals surface area (Å²) in [6.07, 6.45) is -0.0306. The van der Waals surface area contributed by atoms with Crippen LogP contribution in [0.4, 0.5) is 13.3 Å². The SMILES string of the molecule is COC(=O)CCCN(F)C(F)F.Cl. The van der Waals surface area contributed by atoms with Gasteiger partial charge >= 0.3 is 12.5 Å². The summed E-state index contributed by atoms with van der Waals surface area (Å²) >= 11 is 0. The average molecular weight is 222 g/mol. The van der Waals surface area contributed by atoms with E-state index in [9.17, 15) is 18.1 Å². The van der Waals surface area contributed by atoms with Gasteiger partial charge < -0.3 is 4.74 Å². The zero-order valence-corrected chi connectivity index (χ0v) is 7.82. The van der Waals surface area contributed by atoms with Crippen LogP contribution >= 0.6 is 12.4 Å². The lowest BCUT2D eigenvalue weighted by atomic mass is 10.3. The predicted octanol–water partition coefficient (Wildman–Crippen LogP) is 1.77. The summed E-state index contributed by atoms with van der Waals surface area (Å²) < 4.78 is 39.2. The molecule has 0 heterocycles. The monoisotopic (exact) mass is 221 g/mol. The number of hydrogen-bond donors (Lipinski definition) is 0. The molecule has 3 nitrogen and oxygen atoms in total. The molecule has 0 atom stereocenters. The van der Waals surface area contributed by atoms with Crippen LogP contribution in [0.2, 0.25) is 0 Å². The molecule has 7 heteroatoms. The summed E-state index contributed by atoms with van der Waals surface area (Å²) in [6.45, 7) is -3.59. The van der Waals surface area contributed by atoms with Gasteiger partial charge in [0.1, 0.15) is 0 Å². The molecule has 0 saturated heterocycles. The highest BCUT2D eigenvalue weighted by molar-refractivity contribution is 5.85. The molecule has 0 aliphatic rings. The van der Waals surface area contributed by atoms with Crippen molar-refractivity contribution >= 4 is 18.4 Å². The lowest BCUT2D eigenvalue weighted by molar-refractivity contribution is -0.150. The Balaban J connectivity index is 0. The Labute approximate surface area is 80.2 Å².